The Bertz CT molecular complexity index is 3670. The van der Waals surface area contributed by atoms with E-state index >= 15 is 0 Å². The fraction of sp³-hybridized carbons (Fsp3) is 0.431. The Hall–Kier alpha value is -7.72. The van der Waals surface area contributed by atoms with Crippen molar-refractivity contribution in [2.45, 2.75) is 167 Å². The summed E-state index contributed by atoms with van der Waals surface area (Å²) >= 11 is 1.58. The van der Waals surface area contributed by atoms with Crippen LogP contribution in [0.25, 0.3) is 21.3 Å². The number of likely N-dealkylation sites (tertiary alicyclic amines) is 1. The highest BCUT2D eigenvalue weighted by atomic mass is 32.1. The van der Waals surface area contributed by atoms with Gasteiger partial charge in [-0.2, -0.15) is 0 Å². The summed E-state index contributed by atoms with van der Waals surface area (Å²) in [6.07, 6.45) is 1.85. The highest BCUT2D eigenvalue weighted by Gasteiger charge is 2.46. The van der Waals surface area contributed by atoms with Gasteiger partial charge in [-0.05, 0) is 121 Å². The Morgan fingerprint density at radius 3 is 2.30 bits per heavy atom. The number of para-hydroxylation sites is 1. The molecule has 0 unspecified atom stereocenters. The summed E-state index contributed by atoms with van der Waals surface area (Å²) in [5.74, 6) is -3.14. The molecule has 0 radical (unpaired) electrons. The molecule has 9 N–H and O–H groups in total. The molecule has 6 amide bonds. The van der Waals surface area contributed by atoms with Crippen molar-refractivity contribution in [2.24, 2.45) is 11.1 Å². The number of ether oxygens (including phenoxy) is 1. The molecule has 0 aliphatic carbocycles. The quantitative estimate of drug-likeness (QED) is 0.0207. The van der Waals surface area contributed by atoms with Gasteiger partial charge in [-0.1, -0.05) is 94.4 Å². The van der Waals surface area contributed by atoms with Gasteiger partial charge in [-0.15, -0.1) is 11.3 Å². The Kier molecular flexibility index (Phi) is 20.1. The third kappa shape index (κ3) is 15.2. The molecular weight excluding hydrogens is 1160 g/mol. The summed E-state index contributed by atoms with van der Waals surface area (Å²) < 4.78 is 17.9. The van der Waals surface area contributed by atoms with Crippen molar-refractivity contribution in [3.63, 3.8) is 0 Å². The molecule has 0 bridgehead atoms. The van der Waals surface area contributed by atoms with Gasteiger partial charge < -0.3 is 51.2 Å². The van der Waals surface area contributed by atoms with Crippen molar-refractivity contribution in [1.82, 2.24) is 30.8 Å². The van der Waals surface area contributed by atoms with Gasteiger partial charge in [-0.3, -0.25) is 47.8 Å². The predicted octanol–water partition coefficient (Wildman–Crippen LogP) is 7.24. The monoisotopic (exact) mass is 1240 g/mol. The van der Waals surface area contributed by atoms with Gasteiger partial charge in [-0.25, -0.2) is 4.98 Å². The molecule has 9 rings (SSSR count). The number of nitrogens with zero attached hydrogens (tertiary/aromatic N) is 3. The third-order valence-electron chi connectivity index (χ3n) is 17.0. The molecular formula is C65H77N8O13PS. The number of carbonyl (C=O) groups is 8. The molecule has 4 aromatic carbocycles. The van der Waals surface area contributed by atoms with Gasteiger partial charge in [0.1, 0.15) is 23.8 Å². The second-order valence-corrected chi connectivity index (χ2v) is 27.0. The van der Waals surface area contributed by atoms with Gasteiger partial charge in [0, 0.05) is 55.1 Å². The number of hydrogen-bond donors (Lipinski definition) is 8. The smallest absolute Gasteiger partial charge is 0.391 e. The fourth-order valence-electron chi connectivity index (χ4n) is 12.0. The van der Waals surface area contributed by atoms with Crippen LogP contribution in [0, 0.1) is 12.3 Å². The van der Waals surface area contributed by atoms with Crippen LogP contribution >= 0.6 is 18.9 Å². The molecule has 2 aromatic heterocycles. The van der Waals surface area contributed by atoms with E-state index in [0.717, 1.165) is 44.0 Å². The average Bonchev–Trinajstić information content (AvgIpc) is 1.68. The number of aromatic amines is 1. The lowest BCUT2D eigenvalue weighted by atomic mass is 9.85. The lowest BCUT2D eigenvalue weighted by Gasteiger charge is -2.35. The lowest BCUT2D eigenvalue weighted by Crippen LogP contribution is -2.56. The number of hydrogen-bond acceptors (Lipinski definition) is 13. The Morgan fingerprint density at radius 2 is 1.61 bits per heavy atom. The Balaban J connectivity index is 0.753. The van der Waals surface area contributed by atoms with Crippen LogP contribution in [0.2, 0.25) is 0 Å². The molecule has 0 saturated carbocycles. The second-order valence-electron chi connectivity index (χ2n) is 24.6. The minimum Gasteiger partial charge on any atom is -0.391 e. The van der Waals surface area contributed by atoms with E-state index in [2.05, 4.69) is 25.9 Å². The normalized spacial score (nSPS) is 18.9. The van der Waals surface area contributed by atoms with E-state index in [4.69, 9.17) is 10.5 Å². The van der Waals surface area contributed by atoms with Crippen LogP contribution in [0.15, 0.2) is 96.5 Å². The first-order chi connectivity index (χ1) is 41.7. The molecule has 8 atom stereocenters. The van der Waals surface area contributed by atoms with Crippen LogP contribution < -0.4 is 26.6 Å². The number of nitrogens with two attached hydrogens (primary N) is 1. The number of aryl methyl sites for hydroxylation is 3. The van der Waals surface area contributed by atoms with Crippen LogP contribution in [0.4, 0.5) is 5.69 Å². The maximum Gasteiger partial charge on any atom is 0.396 e. The molecule has 21 nitrogen and oxygen atoms in total. The number of aliphatic hydroxyl groups excluding tert-OH is 1. The van der Waals surface area contributed by atoms with Crippen molar-refractivity contribution in [3.05, 3.63) is 141 Å². The first-order valence-corrected chi connectivity index (χ1v) is 32.3. The molecule has 1 saturated heterocycles. The SMILES string of the molecule is Cc1ncsc1-c1ccc([C@H](C)CC(=O)[C@@H]2C[C@@H](O)CN2C(=O)[C@@H](NC(=O)CCCCc2ccc(CO[C@H](C)[C@H](CCC(N)=O)NC(=O)[C@@H]3Cc4cccc5c4N3C(=O)[C@@H](NC(=O)c3cc4cc(C(=O)P(=O)(O)O)ccc4[nH]3)CC5)cc2)C(C)(C)C)cc1. The minimum absolute atomic E-state index is 0.00573. The van der Waals surface area contributed by atoms with Gasteiger partial charge in [0.2, 0.25) is 29.5 Å². The summed E-state index contributed by atoms with van der Waals surface area (Å²) in [6.45, 7) is 11.5. The highest BCUT2D eigenvalue weighted by Crippen LogP contribution is 2.41. The number of Topliss-reactive ketones (excluding diaryl/α,β-unsaturated/α-hetero) is 1. The zero-order valence-corrected chi connectivity index (χ0v) is 52.0. The maximum absolute atomic E-state index is 14.6. The summed E-state index contributed by atoms with van der Waals surface area (Å²) in [5.41, 5.74) is 12.7. The number of ketones is 1. The summed E-state index contributed by atoms with van der Waals surface area (Å²) in [5, 5.41) is 20.0. The van der Waals surface area contributed by atoms with Crippen molar-refractivity contribution in [2.75, 3.05) is 11.4 Å². The van der Waals surface area contributed by atoms with Gasteiger partial charge in [0.05, 0.1) is 52.7 Å². The Labute approximate surface area is 514 Å². The van der Waals surface area contributed by atoms with E-state index in [1.54, 1.807) is 18.3 Å². The third-order valence-corrected chi connectivity index (χ3v) is 18.8. The number of nitrogens with one attached hydrogen (secondary N) is 4. The number of thiazole rings is 1. The number of H-pyrrole nitrogens is 1. The van der Waals surface area contributed by atoms with Gasteiger partial charge in [0.15, 0.2) is 5.78 Å². The van der Waals surface area contributed by atoms with Crippen molar-refractivity contribution in [3.8, 4) is 10.4 Å². The molecule has 466 valence electrons. The number of aromatic nitrogens is 2. The largest absolute Gasteiger partial charge is 0.396 e. The number of unbranched alkanes of at least 4 members (excludes halogenated alkanes) is 1. The van der Waals surface area contributed by atoms with Crippen LogP contribution in [0.3, 0.4) is 0 Å². The number of rotatable bonds is 25. The molecule has 6 aromatic rings. The number of amides is 6. The van der Waals surface area contributed by atoms with Gasteiger partial charge >= 0.3 is 7.60 Å². The van der Waals surface area contributed by atoms with E-state index in [-0.39, 0.29) is 87.0 Å². The van der Waals surface area contributed by atoms with E-state index in [0.29, 0.717) is 42.3 Å². The van der Waals surface area contributed by atoms with Crippen molar-refractivity contribution in [1.29, 1.82) is 0 Å². The standard InChI is InChI=1S/C65H77N8O13PS/c1-36(41-18-20-43(21-19-41)58-37(2)67-35-88-58)28-54(75)52-32-47(74)33-72(52)63(81)59(65(4,5)6)71-56(77)13-8-7-10-39-14-16-40(17-15-39)34-86-38(3)48(26-27-55(66)76)69-61(79)53-31-44-12-9-11-42-22-25-50(62(80)73(53)57(42)44)70-60(78)51-30-46-29-45(23-24-49(46)68-51)64(82)87(83,84)85/h9,11-12,14-21,23-24,29-30,35-36,38,47-48,50,52-53,59,68,74H,7-8,10,13,22,25-28,31-34H2,1-6H3,(H2,66,76)(H,69,79)(H,70,78)(H,71,77)(H2,83,84,85)/t36-,38-,47-,48+,50+,52+,53+,59-/m1/s1. The summed E-state index contributed by atoms with van der Waals surface area (Å²) in [7, 11) is -5.06. The average molecular weight is 1240 g/mol. The number of aliphatic hydroxyl groups is 1. The molecule has 5 heterocycles. The first kappa shape index (κ1) is 64.7. The van der Waals surface area contributed by atoms with E-state index in [1.165, 1.54) is 34.1 Å². The van der Waals surface area contributed by atoms with E-state index in [9.17, 15) is 57.8 Å². The topological polar surface area (TPSA) is 321 Å². The van der Waals surface area contributed by atoms with E-state index in [1.807, 2.05) is 107 Å². The molecule has 3 aliphatic rings. The predicted molar refractivity (Wildman–Crippen MR) is 332 cm³/mol. The number of anilines is 1. The van der Waals surface area contributed by atoms with Crippen molar-refractivity contribution >= 4 is 82.3 Å². The number of primary amides is 1. The van der Waals surface area contributed by atoms with Crippen LogP contribution in [-0.2, 0) is 63.9 Å². The fourth-order valence-corrected chi connectivity index (χ4v) is 13.3. The molecule has 0 spiro atoms. The molecule has 3 aliphatic heterocycles. The molecule has 23 heteroatoms. The highest BCUT2D eigenvalue weighted by molar-refractivity contribution is 7.70. The van der Waals surface area contributed by atoms with Crippen LogP contribution in [0.5, 0.6) is 0 Å². The number of benzene rings is 4. The Morgan fingerprint density at radius 1 is 0.898 bits per heavy atom. The zero-order chi connectivity index (χ0) is 63.4. The van der Waals surface area contributed by atoms with Crippen LogP contribution in [-0.4, -0.2) is 125 Å². The minimum atomic E-state index is -5.06. The lowest BCUT2D eigenvalue weighted by molar-refractivity contribution is -0.143. The van der Waals surface area contributed by atoms with Crippen molar-refractivity contribution < 1.29 is 62.6 Å². The number of fused-ring (bicyclic) bond motifs is 1. The maximum atomic E-state index is 14.6. The van der Waals surface area contributed by atoms with Gasteiger partial charge in [0.25, 0.3) is 11.4 Å². The first-order valence-electron chi connectivity index (χ1n) is 29.8. The summed E-state index contributed by atoms with van der Waals surface area (Å²) in [4.78, 5) is 139. The van der Waals surface area contributed by atoms with Crippen LogP contribution in [0.1, 0.15) is 146 Å². The number of β-amino-alcohol motifs (C(OH)–C–C–N with tert-alkyl or cyclic N) is 1. The second kappa shape index (κ2) is 27.3. The number of carbonyl (C=O) groups excluding carboxylic acids is 8. The van der Waals surface area contributed by atoms with E-state index < -0.39 is 90.5 Å². The molecule has 1 fully saturated rings. The molecule has 88 heavy (non-hydrogen) atoms. The zero-order valence-electron chi connectivity index (χ0n) is 50.2. The summed E-state index contributed by atoms with van der Waals surface area (Å²) in [6, 6.07) is 22.4.